The molecule has 0 aliphatic heterocycles. The van der Waals surface area contributed by atoms with Gasteiger partial charge in [0.2, 0.25) is 5.91 Å². The number of carbonyl (C=O) groups is 1. The minimum absolute atomic E-state index is 0.0135. The van der Waals surface area contributed by atoms with Gasteiger partial charge in [-0.1, -0.05) is 43.1 Å². The third-order valence-corrected chi connectivity index (χ3v) is 4.83. The van der Waals surface area contributed by atoms with E-state index in [4.69, 9.17) is 23.2 Å². The van der Waals surface area contributed by atoms with Crippen molar-refractivity contribution < 1.29 is 9.90 Å². The molecule has 1 fully saturated rings. The molecule has 2 N–H and O–H groups in total. The van der Waals surface area contributed by atoms with Crippen molar-refractivity contribution in [2.75, 3.05) is 6.54 Å². The molecule has 0 saturated heterocycles. The molecule has 0 aromatic heterocycles. The molecule has 0 bridgehead atoms. The van der Waals surface area contributed by atoms with Crippen LogP contribution in [0.4, 0.5) is 0 Å². The highest BCUT2D eigenvalue weighted by Gasteiger charge is 2.44. The fourth-order valence-electron chi connectivity index (χ4n) is 2.93. The molecular weight excluding hydrogens is 321 g/mol. The summed E-state index contributed by atoms with van der Waals surface area (Å²) in [6.45, 7) is 6.43. The van der Waals surface area contributed by atoms with Gasteiger partial charge in [-0.25, -0.2) is 0 Å². The number of hydrogen-bond donors (Lipinski definition) is 2. The van der Waals surface area contributed by atoms with Crippen LogP contribution in [0.3, 0.4) is 0 Å². The number of amides is 1. The molecule has 0 radical (unpaired) electrons. The summed E-state index contributed by atoms with van der Waals surface area (Å²) in [5, 5.41) is 13.5. The third kappa shape index (κ3) is 4.61. The Morgan fingerprint density at radius 2 is 2.09 bits per heavy atom. The van der Waals surface area contributed by atoms with Gasteiger partial charge in [0.05, 0.1) is 16.1 Å². The highest BCUT2D eigenvalue weighted by molar-refractivity contribution is 6.42. The Hall–Kier alpha value is -0.770. The maximum Gasteiger partial charge on any atom is 0.223 e. The van der Waals surface area contributed by atoms with Gasteiger partial charge in [0, 0.05) is 12.5 Å². The van der Waals surface area contributed by atoms with E-state index in [2.05, 4.69) is 5.32 Å². The van der Waals surface area contributed by atoms with Crippen molar-refractivity contribution >= 4 is 29.1 Å². The topological polar surface area (TPSA) is 49.3 Å². The van der Waals surface area contributed by atoms with E-state index in [1.54, 1.807) is 13.0 Å². The zero-order valence-electron chi connectivity index (χ0n) is 13.2. The molecular formula is C17H23Cl2NO2. The fraction of sp³-hybridized carbons (Fsp3) is 0.588. The lowest BCUT2D eigenvalue weighted by Crippen LogP contribution is -2.36. The predicted molar refractivity (Wildman–Crippen MR) is 90.4 cm³/mol. The van der Waals surface area contributed by atoms with E-state index in [-0.39, 0.29) is 29.3 Å². The second kappa shape index (κ2) is 6.77. The lowest BCUT2D eigenvalue weighted by atomic mass is 9.87. The largest absolute Gasteiger partial charge is 0.393 e. The second-order valence-electron chi connectivity index (χ2n) is 7.06. The Morgan fingerprint density at radius 3 is 2.68 bits per heavy atom. The van der Waals surface area contributed by atoms with E-state index in [1.165, 1.54) is 0 Å². The molecule has 1 aromatic rings. The van der Waals surface area contributed by atoms with Crippen LogP contribution in [0.2, 0.25) is 10.0 Å². The summed E-state index contributed by atoms with van der Waals surface area (Å²) >= 11 is 11.9. The van der Waals surface area contributed by atoms with Gasteiger partial charge in [0.15, 0.2) is 0 Å². The van der Waals surface area contributed by atoms with Crippen molar-refractivity contribution in [1.29, 1.82) is 0 Å². The van der Waals surface area contributed by atoms with Gasteiger partial charge in [0.25, 0.3) is 0 Å². The van der Waals surface area contributed by atoms with Crippen LogP contribution < -0.4 is 5.32 Å². The molecule has 3 atom stereocenters. The molecule has 1 aromatic carbocycles. The molecule has 1 amide bonds. The van der Waals surface area contributed by atoms with E-state index < -0.39 is 0 Å². The molecule has 3 nitrogen and oxygen atoms in total. The Balaban J connectivity index is 1.87. The summed E-state index contributed by atoms with van der Waals surface area (Å²) in [7, 11) is 0. The van der Waals surface area contributed by atoms with Crippen molar-refractivity contribution in [3.05, 3.63) is 33.8 Å². The number of carbonyl (C=O) groups excluding carboxylic acids is 1. The molecule has 0 heterocycles. The Morgan fingerprint density at radius 1 is 1.41 bits per heavy atom. The monoisotopic (exact) mass is 343 g/mol. The molecule has 5 heteroatoms. The molecule has 122 valence electrons. The molecule has 1 saturated carbocycles. The summed E-state index contributed by atoms with van der Waals surface area (Å²) in [6, 6.07) is 5.56. The number of aliphatic hydroxyl groups is 1. The van der Waals surface area contributed by atoms with Crippen molar-refractivity contribution in [2.45, 2.75) is 45.6 Å². The first-order valence-corrected chi connectivity index (χ1v) is 8.36. The Bertz CT molecular complexity index is 558. The van der Waals surface area contributed by atoms with Crippen LogP contribution in [0.5, 0.6) is 0 Å². The molecule has 2 rings (SSSR count). The first-order chi connectivity index (χ1) is 10.2. The number of nitrogens with one attached hydrogen (secondary N) is 1. The Kier molecular flexibility index (Phi) is 5.41. The molecule has 3 unspecified atom stereocenters. The van der Waals surface area contributed by atoms with Crippen LogP contribution >= 0.6 is 23.2 Å². The predicted octanol–water partition coefficient (Wildman–Crippen LogP) is 4.01. The molecule has 0 spiro atoms. The number of benzene rings is 1. The first kappa shape index (κ1) is 17.6. The maximum absolute atomic E-state index is 12.2. The van der Waals surface area contributed by atoms with Crippen LogP contribution in [-0.2, 0) is 4.79 Å². The summed E-state index contributed by atoms with van der Waals surface area (Å²) in [5.74, 6) is 0.323. The van der Waals surface area contributed by atoms with Gasteiger partial charge < -0.3 is 10.4 Å². The minimum Gasteiger partial charge on any atom is -0.393 e. The average molecular weight is 344 g/mol. The van der Waals surface area contributed by atoms with Crippen LogP contribution in [0.25, 0.3) is 0 Å². The third-order valence-electron chi connectivity index (χ3n) is 4.09. The van der Waals surface area contributed by atoms with Crippen molar-refractivity contribution in [3.8, 4) is 0 Å². The summed E-state index contributed by atoms with van der Waals surface area (Å²) in [5.41, 5.74) is 0.954. The molecule has 22 heavy (non-hydrogen) atoms. The van der Waals surface area contributed by atoms with Crippen molar-refractivity contribution in [1.82, 2.24) is 5.32 Å². The van der Waals surface area contributed by atoms with Crippen LogP contribution in [-0.4, -0.2) is 23.7 Å². The smallest absolute Gasteiger partial charge is 0.223 e. The zero-order chi connectivity index (χ0) is 16.5. The van der Waals surface area contributed by atoms with Gasteiger partial charge in [-0.2, -0.15) is 0 Å². The lowest BCUT2D eigenvalue weighted by molar-refractivity contribution is -0.123. The normalized spacial score (nSPS) is 22.3. The summed E-state index contributed by atoms with van der Waals surface area (Å²) in [6.07, 6.45) is 1.14. The fourth-order valence-corrected chi connectivity index (χ4v) is 3.23. The van der Waals surface area contributed by atoms with Crippen molar-refractivity contribution in [2.24, 2.45) is 11.3 Å². The highest BCUT2D eigenvalue weighted by atomic mass is 35.5. The van der Waals surface area contributed by atoms with Crippen LogP contribution in [0.15, 0.2) is 18.2 Å². The second-order valence-corrected chi connectivity index (χ2v) is 7.87. The number of halogens is 2. The van der Waals surface area contributed by atoms with E-state index in [0.29, 0.717) is 23.0 Å². The van der Waals surface area contributed by atoms with Gasteiger partial charge in [0.1, 0.15) is 0 Å². The van der Waals surface area contributed by atoms with Crippen LogP contribution in [0.1, 0.15) is 45.1 Å². The maximum atomic E-state index is 12.2. The van der Waals surface area contributed by atoms with E-state index in [9.17, 15) is 9.90 Å². The van der Waals surface area contributed by atoms with E-state index >= 15 is 0 Å². The van der Waals surface area contributed by atoms with E-state index in [1.807, 2.05) is 26.0 Å². The summed E-state index contributed by atoms with van der Waals surface area (Å²) in [4.78, 5) is 12.2. The minimum atomic E-state index is -0.364. The molecule has 1 aliphatic rings. The summed E-state index contributed by atoms with van der Waals surface area (Å²) < 4.78 is 0. The van der Waals surface area contributed by atoms with Gasteiger partial charge in [-0.3, -0.25) is 4.79 Å². The van der Waals surface area contributed by atoms with Crippen molar-refractivity contribution in [3.63, 3.8) is 0 Å². The quantitative estimate of drug-likeness (QED) is 0.819. The van der Waals surface area contributed by atoms with Gasteiger partial charge in [-0.05, 0) is 48.8 Å². The Labute approximate surface area is 142 Å². The van der Waals surface area contributed by atoms with Gasteiger partial charge in [-0.15, -0.1) is 0 Å². The number of hydrogen-bond acceptors (Lipinski definition) is 2. The van der Waals surface area contributed by atoms with Crippen LogP contribution in [0, 0.1) is 11.3 Å². The standard InChI is InChI=1S/C17H23Cl2NO2/c1-10(21)8-17(2,3)9-20-16(22)13-7-12(13)11-4-5-14(18)15(19)6-11/h4-6,10,12-13,21H,7-9H2,1-3H3,(H,20,22). The molecule has 1 aliphatic carbocycles. The first-order valence-electron chi connectivity index (χ1n) is 7.60. The number of aliphatic hydroxyl groups excluding tert-OH is 1. The lowest BCUT2D eigenvalue weighted by Gasteiger charge is -2.26. The van der Waals surface area contributed by atoms with Gasteiger partial charge >= 0.3 is 0 Å². The zero-order valence-corrected chi connectivity index (χ0v) is 14.7. The highest BCUT2D eigenvalue weighted by Crippen LogP contribution is 2.48. The average Bonchev–Trinajstić information content (AvgIpc) is 3.18. The number of rotatable bonds is 6. The van der Waals surface area contributed by atoms with E-state index in [0.717, 1.165) is 12.0 Å². The SMILES string of the molecule is CC(O)CC(C)(C)CNC(=O)C1CC1c1ccc(Cl)c(Cl)c1.